The fraction of sp³-hybridized carbons (Fsp3) is 0.455. The number of alkyl halides is 3. The number of sulfonamides is 1. The average Bonchev–Trinajstić information content (AvgIpc) is 2.26. The van der Waals surface area contributed by atoms with E-state index in [1.807, 2.05) is 0 Å². The summed E-state index contributed by atoms with van der Waals surface area (Å²) in [7, 11) is -3.94. The maximum atomic E-state index is 12.0. The molecule has 5 nitrogen and oxygen atoms in total. The third-order valence-corrected chi connectivity index (χ3v) is 3.66. The fourth-order valence-corrected chi connectivity index (χ4v) is 2.41. The largest absolute Gasteiger partial charge is 0.573 e. The molecule has 0 saturated heterocycles. The van der Waals surface area contributed by atoms with E-state index in [2.05, 4.69) is 9.46 Å². The highest BCUT2D eigenvalue weighted by molar-refractivity contribution is 7.89. The van der Waals surface area contributed by atoms with Gasteiger partial charge in [-0.3, -0.25) is 0 Å². The Morgan fingerprint density at radius 1 is 1.40 bits per heavy atom. The van der Waals surface area contributed by atoms with Crippen LogP contribution in [0.15, 0.2) is 29.2 Å². The van der Waals surface area contributed by atoms with Gasteiger partial charge in [0.2, 0.25) is 10.0 Å². The van der Waals surface area contributed by atoms with Crippen LogP contribution in [0.25, 0.3) is 0 Å². The molecule has 0 aromatic heterocycles. The monoisotopic (exact) mass is 313 g/mol. The zero-order valence-corrected chi connectivity index (χ0v) is 11.3. The second kappa shape index (κ2) is 6.42. The zero-order valence-electron chi connectivity index (χ0n) is 10.5. The van der Waals surface area contributed by atoms with E-state index in [1.165, 1.54) is 6.92 Å². The van der Waals surface area contributed by atoms with Gasteiger partial charge >= 0.3 is 6.36 Å². The lowest BCUT2D eigenvalue weighted by Gasteiger charge is -2.11. The SMILES string of the molecule is CC(O)CCNS(=O)(=O)c1cccc(OC(F)(F)F)c1. The minimum atomic E-state index is -4.89. The molecule has 1 aromatic rings. The second-order valence-corrected chi connectivity index (χ2v) is 5.83. The van der Waals surface area contributed by atoms with Gasteiger partial charge in [0.1, 0.15) is 5.75 Å². The summed E-state index contributed by atoms with van der Waals surface area (Å²) in [5.74, 6) is -0.615. The maximum absolute atomic E-state index is 12.0. The lowest BCUT2D eigenvalue weighted by molar-refractivity contribution is -0.274. The molecule has 0 saturated carbocycles. The van der Waals surface area contributed by atoms with Gasteiger partial charge in [0, 0.05) is 12.6 Å². The second-order valence-electron chi connectivity index (χ2n) is 4.06. The fourth-order valence-electron chi connectivity index (χ4n) is 1.32. The molecule has 1 aromatic carbocycles. The Morgan fingerprint density at radius 2 is 2.05 bits per heavy atom. The van der Waals surface area contributed by atoms with Gasteiger partial charge in [-0.25, -0.2) is 13.1 Å². The first-order valence-corrected chi connectivity index (χ1v) is 7.12. The zero-order chi connectivity index (χ0) is 15.4. The van der Waals surface area contributed by atoms with Gasteiger partial charge in [-0.1, -0.05) is 6.07 Å². The molecule has 20 heavy (non-hydrogen) atoms. The van der Waals surface area contributed by atoms with Crippen molar-refractivity contribution in [2.75, 3.05) is 6.54 Å². The molecule has 0 bridgehead atoms. The first kappa shape index (κ1) is 16.7. The average molecular weight is 313 g/mol. The first-order valence-electron chi connectivity index (χ1n) is 5.64. The summed E-state index contributed by atoms with van der Waals surface area (Å²) in [4.78, 5) is -0.343. The van der Waals surface area contributed by atoms with E-state index in [9.17, 15) is 21.6 Å². The minimum Gasteiger partial charge on any atom is -0.406 e. The lowest BCUT2D eigenvalue weighted by atomic mass is 10.3. The van der Waals surface area contributed by atoms with Crippen LogP contribution in [-0.2, 0) is 10.0 Å². The Bertz CT molecular complexity index is 543. The van der Waals surface area contributed by atoms with Gasteiger partial charge < -0.3 is 9.84 Å². The minimum absolute atomic E-state index is 0.0235. The van der Waals surface area contributed by atoms with Crippen LogP contribution in [0.3, 0.4) is 0 Å². The number of aliphatic hydroxyl groups is 1. The van der Waals surface area contributed by atoms with E-state index in [-0.39, 0.29) is 17.9 Å². The molecule has 0 aliphatic heterocycles. The van der Waals surface area contributed by atoms with Crippen molar-refractivity contribution < 1.29 is 31.4 Å². The van der Waals surface area contributed by atoms with Gasteiger partial charge in [0.15, 0.2) is 0 Å². The third kappa shape index (κ3) is 5.76. The highest BCUT2D eigenvalue weighted by Crippen LogP contribution is 2.24. The van der Waals surface area contributed by atoms with Crippen molar-refractivity contribution in [3.05, 3.63) is 24.3 Å². The third-order valence-electron chi connectivity index (χ3n) is 2.20. The number of hydrogen-bond donors (Lipinski definition) is 2. The summed E-state index contributed by atoms with van der Waals surface area (Å²) in [6.45, 7) is 1.47. The number of halogens is 3. The predicted octanol–water partition coefficient (Wildman–Crippen LogP) is 1.63. The standard InChI is InChI=1S/C11H14F3NO4S/c1-8(16)5-6-15-20(17,18)10-4-2-3-9(7-10)19-11(12,13)14/h2-4,7-8,15-16H,5-6H2,1H3. The molecule has 0 fully saturated rings. The molecule has 2 N–H and O–H groups in total. The number of rotatable bonds is 6. The highest BCUT2D eigenvalue weighted by Gasteiger charge is 2.31. The van der Waals surface area contributed by atoms with E-state index in [1.54, 1.807) is 0 Å². The van der Waals surface area contributed by atoms with Crippen molar-refractivity contribution in [2.45, 2.75) is 30.7 Å². The van der Waals surface area contributed by atoms with Crippen molar-refractivity contribution >= 4 is 10.0 Å². The van der Waals surface area contributed by atoms with E-state index >= 15 is 0 Å². The summed E-state index contributed by atoms with van der Waals surface area (Å²) in [6, 6.07) is 4.07. The Labute approximate surface area is 114 Å². The molecule has 0 spiro atoms. The topological polar surface area (TPSA) is 75.6 Å². The molecule has 1 rings (SSSR count). The molecule has 0 radical (unpaired) electrons. The molecule has 0 aliphatic carbocycles. The summed E-state index contributed by atoms with van der Waals surface area (Å²) in [6.07, 6.45) is -5.38. The molecular formula is C11H14F3NO4S. The normalized spacial score (nSPS) is 14.1. The van der Waals surface area contributed by atoms with Crippen molar-refractivity contribution in [3.63, 3.8) is 0 Å². The van der Waals surface area contributed by atoms with Crippen LogP contribution in [0.4, 0.5) is 13.2 Å². The van der Waals surface area contributed by atoms with Crippen molar-refractivity contribution in [2.24, 2.45) is 0 Å². The lowest BCUT2D eigenvalue weighted by Crippen LogP contribution is -2.27. The van der Waals surface area contributed by atoms with Crippen molar-refractivity contribution in [1.29, 1.82) is 0 Å². The Hall–Kier alpha value is -1.32. The van der Waals surface area contributed by atoms with Crippen molar-refractivity contribution in [1.82, 2.24) is 4.72 Å². The molecular weight excluding hydrogens is 299 g/mol. The van der Waals surface area contributed by atoms with E-state index in [4.69, 9.17) is 5.11 Å². The number of nitrogens with one attached hydrogen (secondary N) is 1. The van der Waals surface area contributed by atoms with Gasteiger partial charge in [0.25, 0.3) is 0 Å². The number of hydrogen-bond acceptors (Lipinski definition) is 4. The molecule has 0 amide bonds. The number of benzene rings is 1. The summed E-state index contributed by atoms with van der Waals surface area (Å²) < 4.78 is 65.6. The molecule has 9 heteroatoms. The van der Waals surface area contributed by atoms with Crippen LogP contribution in [0, 0.1) is 0 Å². The quantitative estimate of drug-likeness (QED) is 0.837. The number of aliphatic hydroxyl groups excluding tert-OH is 1. The predicted molar refractivity (Wildman–Crippen MR) is 64.6 cm³/mol. The van der Waals surface area contributed by atoms with Crippen LogP contribution in [0.5, 0.6) is 5.75 Å². The van der Waals surface area contributed by atoms with Gasteiger partial charge in [-0.15, -0.1) is 13.2 Å². The van der Waals surface area contributed by atoms with E-state index < -0.39 is 28.2 Å². The maximum Gasteiger partial charge on any atom is 0.573 e. The number of ether oxygens (including phenoxy) is 1. The van der Waals surface area contributed by atoms with Gasteiger partial charge in [0.05, 0.1) is 11.0 Å². The summed E-state index contributed by atoms with van der Waals surface area (Å²) in [5.41, 5.74) is 0. The molecule has 0 heterocycles. The van der Waals surface area contributed by atoms with E-state index in [0.29, 0.717) is 0 Å². The van der Waals surface area contributed by atoms with E-state index in [0.717, 1.165) is 24.3 Å². The van der Waals surface area contributed by atoms with Gasteiger partial charge in [-0.2, -0.15) is 0 Å². The van der Waals surface area contributed by atoms with Gasteiger partial charge in [-0.05, 0) is 25.5 Å². The van der Waals surface area contributed by atoms with Crippen LogP contribution in [-0.4, -0.2) is 32.5 Å². The Kier molecular flexibility index (Phi) is 5.37. The summed E-state index contributed by atoms with van der Waals surface area (Å²) >= 11 is 0. The van der Waals surface area contributed by atoms with Crippen LogP contribution < -0.4 is 9.46 Å². The van der Waals surface area contributed by atoms with Crippen molar-refractivity contribution in [3.8, 4) is 5.75 Å². The van der Waals surface area contributed by atoms with Crippen LogP contribution >= 0.6 is 0 Å². The highest BCUT2D eigenvalue weighted by atomic mass is 32.2. The molecule has 0 aliphatic rings. The smallest absolute Gasteiger partial charge is 0.406 e. The molecule has 114 valence electrons. The molecule has 1 atom stereocenters. The van der Waals surface area contributed by atoms with Crippen LogP contribution in [0.2, 0.25) is 0 Å². The van der Waals surface area contributed by atoms with Crippen LogP contribution in [0.1, 0.15) is 13.3 Å². The Balaban J connectivity index is 2.82. The summed E-state index contributed by atoms with van der Waals surface area (Å²) in [5, 5.41) is 9.01. The first-order chi connectivity index (χ1) is 9.10. The Morgan fingerprint density at radius 3 is 2.60 bits per heavy atom. The molecule has 1 unspecified atom stereocenters.